The van der Waals surface area contributed by atoms with Crippen LogP contribution in [-0.2, 0) is 11.3 Å². The Bertz CT molecular complexity index is 1220. The molecule has 2 aromatic heterocycles. The fraction of sp³-hybridized carbons (Fsp3) is 0.261. The minimum absolute atomic E-state index is 0.0982. The number of hydrogen-bond donors (Lipinski definition) is 0. The molecule has 1 aliphatic rings. The number of aromatic nitrogens is 3. The predicted octanol–water partition coefficient (Wildman–Crippen LogP) is 3.41. The van der Waals surface area contributed by atoms with Gasteiger partial charge in [0.05, 0.1) is 17.8 Å². The van der Waals surface area contributed by atoms with Crippen LogP contribution in [-0.4, -0.2) is 31.9 Å². The van der Waals surface area contributed by atoms with E-state index in [-0.39, 0.29) is 11.9 Å². The van der Waals surface area contributed by atoms with E-state index in [4.69, 9.17) is 5.26 Å². The van der Waals surface area contributed by atoms with E-state index in [1.165, 1.54) is 0 Å². The molecule has 31 heavy (non-hydrogen) atoms. The fourth-order valence-electron chi connectivity index (χ4n) is 3.84. The molecule has 0 aliphatic carbocycles. The van der Waals surface area contributed by atoms with Crippen LogP contribution in [0.1, 0.15) is 42.1 Å². The Balaban J connectivity index is 1.39. The smallest absolute Gasteiger partial charge is 0.268 e. The van der Waals surface area contributed by atoms with Gasteiger partial charge in [-0.15, -0.1) is 9.24 Å². The summed E-state index contributed by atoms with van der Waals surface area (Å²) in [5.74, 6) is -0.142. The Hall–Kier alpha value is -3.36. The minimum Gasteiger partial charge on any atom is -0.268 e. The third kappa shape index (κ3) is 4.40. The molecule has 3 heterocycles. The van der Waals surface area contributed by atoms with Gasteiger partial charge in [-0.3, -0.25) is 9.48 Å². The molecule has 1 amide bonds. The average Bonchev–Trinajstić information content (AvgIpc) is 3.39. The lowest BCUT2D eigenvalue weighted by Gasteiger charge is -2.23. The molecule has 0 saturated heterocycles. The number of nitrogens with zero attached hydrogens (tertiary/aromatic N) is 6. The van der Waals surface area contributed by atoms with Gasteiger partial charge in [-0.2, -0.15) is 15.5 Å². The molecular formula is C23H23N6OP. The molecule has 7 nitrogen and oxygen atoms in total. The first-order valence-corrected chi connectivity index (χ1v) is 10.7. The highest BCUT2D eigenvalue weighted by Crippen LogP contribution is 2.30. The van der Waals surface area contributed by atoms with E-state index in [1.54, 1.807) is 23.5 Å². The number of amides is 1. The van der Waals surface area contributed by atoms with Gasteiger partial charge < -0.3 is 0 Å². The van der Waals surface area contributed by atoms with Crippen molar-refractivity contribution in [3.63, 3.8) is 0 Å². The number of hydrogen-bond acceptors (Lipinski definition) is 5. The first-order chi connectivity index (χ1) is 15.0. The minimum atomic E-state index is -0.142. The largest absolute Gasteiger partial charge is 0.269 e. The highest BCUT2D eigenvalue weighted by molar-refractivity contribution is 7.27. The van der Waals surface area contributed by atoms with Gasteiger partial charge in [-0.1, -0.05) is 24.3 Å². The fourth-order valence-corrected chi connectivity index (χ4v) is 4.30. The van der Waals surface area contributed by atoms with Crippen molar-refractivity contribution in [1.29, 1.82) is 5.26 Å². The van der Waals surface area contributed by atoms with E-state index < -0.39 is 0 Å². The first kappa shape index (κ1) is 20.9. The van der Waals surface area contributed by atoms with Crippen LogP contribution in [0.15, 0.2) is 53.8 Å². The van der Waals surface area contributed by atoms with Gasteiger partial charge in [-0.25, -0.2) is 9.99 Å². The van der Waals surface area contributed by atoms with Crippen molar-refractivity contribution in [3.05, 3.63) is 65.5 Å². The van der Waals surface area contributed by atoms with Gasteiger partial charge >= 0.3 is 0 Å². The van der Waals surface area contributed by atoms with E-state index in [0.29, 0.717) is 42.6 Å². The zero-order valence-electron chi connectivity index (χ0n) is 17.3. The highest BCUT2D eigenvalue weighted by Gasteiger charge is 2.29. The molecule has 0 radical (unpaired) electrons. The molecule has 0 fully saturated rings. The summed E-state index contributed by atoms with van der Waals surface area (Å²) in [5, 5.41) is 20.3. The molecule has 0 saturated carbocycles. The second-order valence-electron chi connectivity index (χ2n) is 7.66. The summed E-state index contributed by atoms with van der Waals surface area (Å²) in [7, 11) is 2.72. The van der Waals surface area contributed by atoms with Crippen LogP contribution in [0.4, 0.5) is 0 Å². The molecule has 2 unspecified atom stereocenters. The maximum atomic E-state index is 13.0. The van der Waals surface area contributed by atoms with E-state index in [0.717, 1.165) is 21.9 Å². The zero-order valence-corrected chi connectivity index (χ0v) is 18.5. The molecule has 1 aliphatic heterocycles. The summed E-state index contributed by atoms with van der Waals surface area (Å²) in [5.41, 5.74) is 4.69. The SMILES string of the molecule is C=C(CCCn1ncc2nc(C#N)ccc21)C(=O)N1N=CCC1c1cc(C)cc(P)c1. The Morgan fingerprint density at radius 2 is 2.19 bits per heavy atom. The number of hydrazone groups is 1. The number of nitriles is 1. The third-order valence-corrected chi connectivity index (χ3v) is 5.64. The Labute approximate surface area is 183 Å². The maximum Gasteiger partial charge on any atom is 0.269 e. The van der Waals surface area contributed by atoms with E-state index in [1.807, 2.05) is 23.7 Å². The standard InChI is InChI=1S/C23H23N6OP/c1-15-10-17(12-19(31)11-15)21-7-8-25-29(21)23(30)16(2)4-3-9-28-22-6-5-18(13-24)27-20(22)14-26-28/h5-6,8,10-12,14,21H,2-4,7,9,31H2,1H3. The second kappa shape index (κ2) is 8.79. The van der Waals surface area contributed by atoms with Gasteiger partial charge in [0.1, 0.15) is 17.3 Å². The number of pyridine rings is 1. The van der Waals surface area contributed by atoms with Gasteiger partial charge in [0.15, 0.2) is 0 Å². The molecule has 8 heteroatoms. The van der Waals surface area contributed by atoms with Crippen molar-refractivity contribution in [3.8, 4) is 6.07 Å². The number of aryl methyl sites for hydroxylation is 2. The summed E-state index contributed by atoms with van der Waals surface area (Å²) in [6.45, 7) is 6.70. The lowest BCUT2D eigenvalue weighted by atomic mass is 10.0. The number of rotatable bonds is 6. The topological polar surface area (TPSA) is 87.2 Å². The summed E-state index contributed by atoms with van der Waals surface area (Å²) in [4.78, 5) is 17.3. The summed E-state index contributed by atoms with van der Waals surface area (Å²) < 4.78 is 1.84. The molecule has 3 aromatic rings. The summed E-state index contributed by atoms with van der Waals surface area (Å²) >= 11 is 0. The van der Waals surface area contributed by atoms with Crippen molar-refractivity contribution in [2.24, 2.45) is 5.10 Å². The summed E-state index contributed by atoms with van der Waals surface area (Å²) in [6, 6.07) is 11.7. The normalized spacial score (nSPS) is 15.4. The molecular weight excluding hydrogens is 407 g/mol. The number of benzene rings is 1. The van der Waals surface area contributed by atoms with Crippen LogP contribution >= 0.6 is 9.24 Å². The van der Waals surface area contributed by atoms with Crippen molar-refractivity contribution >= 4 is 37.7 Å². The number of carbonyl (C=O) groups is 1. The van der Waals surface area contributed by atoms with Crippen molar-refractivity contribution < 1.29 is 4.79 Å². The number of fused-ring (bicyclic) bond motifs is 1. The van der Waals surface area contributed by atoms with Crippen molar-refractivity contribution in [2.45, 2.75) is 38.8 Å². The first-order valence-electron chi connectivity index (χ1n) is 10.1. The van der Waals surface area contributed by atoms with Crippen LogP contribution in [0.25, 0.3) is 11.0 Å². The van der Waals surface area contributed by atoms with Crippen LogP contribution in [0.2, 0.25) is 0 Å². The average molecular weight is 430 g/mol. The number of carbonyl (C=O) groups excluding carboxylic acids is 1. The monoisotopic (exact) mass is 430 g/mol. The molecule has 156 valence electrons. The van der Waals surface area contributed by atoms with Crippen molar-refractivity contribution in [1.82, 2.24) is 19.8 Å². The zero-order chi connectivity index (χ0) is 22.0. The maximum absolute atomic E-state index is 13.0. The van der Waals surface area contributed by atoms with Crippen LogP contribution in [0, 0.1) is 18.3 Å². The molecule has 2 atom stereocenters. The van der Waals surface area contributed by atoms with Gasteiger partial charge in [0, 0.05) is 24.8 Å². The quantitative estimate of drug-likeness (QED) is 0.443. The molecule has 0 bridgehead atoms. The van der Waals surface area contributed by atoms with Crippen LogP contribution < -0.4 is 5.30 Å². The Kier molecular flexibility index (Phi) is 5.92. The second-order valence-corrected chi connectivity index (χ2v) is 8.33. The van der Waals surface area contributed by atoms with E-state index in [2.05, 4.69) is 49.2 Å². The van der Waals surface area contributed by atoms with Crippen LogP contribution in [0.5, 0.6) is 0 Å². The molecule has 0 N–H and O–H groups in total. The van der Waals surface area contributed by atoms with E-state index in [9.17, 15) is 4.79 Å². The lowest BCUT2D eigenvalue weighted by molar-refractivity contribution is -0.129. The lowest BCUT2D eigenvalue weighted by Crippen LogP contribution is -2.28. The van der Waals surface area contributed by atoms with Crippen LogP contribution in [0.3, 0.4) is 0 Å². The predicted molar refractivity (Wildman–Crippen MR) is 124 cm³/mol. The van der Waals surface area contributed by atoms with Crippen molar-refractivity contribution in [2.75, 3.05) is 0 Å². The third-order valence-electron chi connectivity index (χ3n) is 5.31. The van der Waals surface area contributed by atoms with Gasteiger partial charge in [-0.05, 0) is 48.8 Å². The highest BCUT2D eigenvalue weighted by atomic mass is 31.0. The van der Waals surface area contributed by atoms with Gasteiger partial charge in [0.25, 0.3) is 5.91 Å². The molecule has 4 rings (SSSR count). The molecule has 0 spiro atoms. The summed E-state index contributed by atoms with van der Waals surface area (Å²) in [6.07, 6.45) is 5.40. The Morgan fingerprint density at radius 3 is 2.97 bits per heavy atom. The van der Waals surface area contributed by atoms with E-state index >= 15 is 0 Å². The van der Waals surface area contributed by atoms with Gasteiger partial charge in [0.2, 0.25) is 0 Å². The molecule has 1 aromatic carbocycles. The Morgan fingerprint density at radius 1 is 1.35 bits per heavy atom.